The van der Waals surface area contributed by atoms with Crippen molar-refractivity contribution in [2.24, 2.45) is 5.92 Å². The highest BCUT2D eigenvalue weighted by molar-refractivity contribution is 7.47. The molecule has 0 aromatic carbocycles. The van der Waals surface area contributed by atoms with Gasteiger partial charge in [-0.05, 0) is 50.5 Å². The number of aliphatic hydroxyl groups is 1. The van der Waals surface area contributed by atoms with Crippen LogP contribution in [0.25, 0.3) is 0 Å². The van der Waals surface area contributed by atoms with Crippen LogP contribution < -0.4 is 0 Å². The molecule has 0 spiro atoms. The molecule has 16 heteroatoms. The normalized spacial score (nSPS) is 14.6. The molecule has 4 N–H and O–H groups in total. The smallest absolute Gasteiger partial charge is 0.462 e. The summed E-state index contributed by atoms with van der Waals surface area (Å²) < 4.78 is 47.8. The summed E-state index contributed by atoms with van der Waals surface area (Å²) in [5, 5.41) is 9.77. The Morgan fingerprint density at radius 2 is 1.04 bits per heavy atom. The molecule has 2 unspecified atom stereocenters. The molecule has 0 saturated heterocycles. The lowest BCUT2D eigenvalue weighted by Crippen LogP contribution is -2.30. The third-order valence-electron chi connectivity index (χ3n) is 11.2. The zero-order valence-electron chi connectivity index (χ0n) is 41.7. The van der Waals surface area contributed by atoms with Crippen LogP contribution in [-0.4, -0.2) is 76.1 Å². The summed E-state index contributed by atoms with van der Waals surface area (Å²) in [6.07, 6.45) is 43.9. The van der Waals surface area contributed by atoms with Gasteiger partial charge < -0.3 is 29.3 Å². The van der Waals surface area contributed by atoms with Crippen LogP contribution in [0.4, 0.5) is 0 Å². The fraction of sp³-hybridized carbons (Fsp3) is 0.784. The standard InChI is InChI=1S/C51H92O14P2/c1-4-6-7-8-9-10-11-18-22-25-28-31-34-38-47(52)39-36-41-50(54)61-44-49(45-64-67(59,60)63-43-48(53)42-62-66(56,57)58)65-51(55)40-35-32-29-26-23-20-17-15-13-12-14-16-19-21-24-27-30-33-37-46(3)5-2/h9-10,18,22,28,31,34,38,46,48-49,53H,4-8,11-17,19-21,23-27,29-30,32-33,35-37,39-45H2,1-3H3,(H,59,60)(H2,56,57,58)/b10-9-,22-18-,31-28-,38-34+/t46?,48-,49+/m0/s1. The Hall–Kier alpha value is -2.25. The Morgan fingerprint density at radius 1 is 0.537 bits per heavy atom. The highest BCUT2D eigenvalue weighted by Gasteiger charge is 2.28. The maximum atomic E-state index is 12.7. The fourth-order valence-corrected chi connectivity index (χ4v) is 8.08. The van der Waals surface area contributed by atoms with E-state index in [0.717, 1.165) is 50.9 Å². The van der Waals surface area contributed by atoms with E-state index in [1.54, 1.807) is 12.2 Å². The predicted octanol–water partition coefficient (Wildman–Crippen LogP) is 13.2. The molecule has 0 aliphatic carbocycles. The number of unbranched alkanes of at least 4 members (excludes halogenated alkanes) is 20. The molecule has 0 fully saturated rings. The van der Waals surface area contributed by atoms with E-state index in [-0.39, 0.29) is 31.5 Å². The van der Waals surface area contributed by atoms with Crippen LogP contribution in [0.5, 0.6) is 0 Å². The number of ketones is 1. The SMILES string of the molecule is CCCCC/C=C\C/C=C\C/C=C\C=C\C(=O)CCCC(=O)OC[C@H](COP(=O)(O)OC[C@@H](O)COP(=O)(O)O)OC(=O)CCCCCCCCCCCCCCCCCCCCC(C)CC. The van der Waals surface area contributed by atoms with Gasteiger partial charge in [-0.25, -0.2) is 9.13 Å². The minimum Gasteiger partial charge on any atom is -0.462 e. The molecule has 0 amide bonds. The first-order chi connectivity index (χ1) is 32.2. The number of hydrogen-bond acceptors (Lipinski definition) is 11. The molecule has 0 heterocycles. The first-order valence-corrected chi connectivity index (χ1v) is 28.7. The maximum Gasteiger partial charge on any atom is 0.472 e. The number of ether oxygens (including phenoxy) is 2. The Bertz CT molecular complexity index is 1440. The predicted molar refractivity (Wildman–Crippen MR) is 267 cm³/mol. The molecule has 0 aliphatic rings. The number of aliphatic hydroxyl groups excluding tert-OH is 1. The van der Waals surface area contributed by atoms with Gasteiger partial charge in [0.05, 0.1) is 19.8 Å². The van der Waals surface area contributed by atoms with Crippen molar-refractivity contribution < 1.29 is 66.3 Å². The van der Waals surface area contributed by atoms with Gasteiger partial charge in [0.2, 0.25) is 0 Å². The van der Waals surface area contributed by atoms with Crippen molar-refractivity contribution in [1.82, 2.24) is 0 Å². The highest BCUT2D eigenvalue weighted by Crippen LogP contribution is 2.44. The molecule has 14 nitrogen and oxygen atoms in total. The van der Waals surface area contributed by atoms with E-state index >= 15 is 0 Å². The van der Waals surface area contributed by atoms with Gasteiger partial charge in [0.25, 0.3) is 0 Å². The molecule has 0 saturated carbocycles. The summed E-state index contributed by atoms with van der Waals surface area (Å²) in [6.45, 7) is 3.88. The number of rotatable bonds is 48. The van der Waals surface area contributed by atoms with Crippen LogP contribution in [-0.2, 0) is 46.6 Å². The third-order valence-corrected chi connectivity index (χ3v) is 12.7. The van der Waals surface area contributed by atoms with Gasteiger partial charge in [-0.1, -0.05) is 198 Å². The fourth-order valence-electron chi connectivity index (χ4n) is 6.93. The minimum absolute atomic E-state index is 0.0836. The van der Waals surface area contributed by atoms with Gasteiger partial charge in [0.15, 0.2) is 11.9 Å². The summed E-state index contributed by atoms with van der Waals surface area (Å²) in [5.74, 6) is -0.562. The lowest BCUT2D eigenvalue weighted by molar-refractivity contribution is -0.161. The second-order valence-electron chi connectivity index (χ2n) is 17.7. The zero-order chi connectivity index (χ0) is 49.7. The van der Waals surface area contributed by atoms with Gasteiger partial charge in [-0.15, -0.1) is 0 Å². The first kappa shape index (κ1) is 64.8. The Labute approximate surface area is 405 Å². The molecule has 0 aromatic rings. The van der Waals surface area contributed by atoms with Gasteiger partial charge in [0, 0.05) is 19.3 Å². The molecule has 390 valence electrons. The van der Waals surface area contributed by atoms with Crippen LogP contribution in [0.1, 0.15) is 213 Å². The van der Waals surface area contributed by atoms with E-state index in [9.17, 15) is 33.5 Å². The summed E-state index contributed by atoms with van der Waals surface area (Å²) in [5.41, 5.74) is 0. The van der Waals surface area contributed by atoms with Gasteiger partial charge in [0.1, 0.15) is 12.7 Å². The number of carbonyl (C=O) groups is 3. The van der Waals surface area contributed by atoms with E-state index in [2.05, 4.69) is 54.1 Å². The highest BCUT2D eigenvalue weighted by atomic mass is 31.2. The number of phosphoric ester groups is 2. The van der Waals surface area contributed by atoms with Gasteiger partial charge >= 0.3 is 27.6 Å². The van der Waals surface area contributed by atoms with Crippen LogP contribution in [0.15, 0.2) is 48.6 Å². The molecule has 67 heavy (non-hydrogen) atoms. The minimum atomic E-state index is -4.89. The van der Waals surface area contributed by atoms with Gasteiger partial charge in [-0.2, -0.15) is 0 Å². The van der Waals surface area contributed by atoms with E-state index in [0.29, 0.717) is 6.42 Å². The topological polar surface area (TPSA) is 212 Å². The van der Waals surface area contributed by atoms with Crippen molar-refractivity contribution in [2.75, 3.05) is 26.4 Å². The lowest BCUT2D eigenvalue weighted by Gasteiger charge is -2.20. The lowest BCUT2D eigenvalue weighted by atomic mass is 9.99. The maximum absolute atomic E-state index is 12.7. The average Bonchev–Trinajstić information content (AvgIpc) is 3.29. The average molecular weight is 991 g/mol. The molecule has 0 aliphatic heterocycles. The van der Waals surface area contributed by atoms with Crippen molar-refractivity contribution in [3.63, 3.8) is 0 Å². The quantitative estimate of drug-likeness (QED) is 0.0112. The Morgan fingerprint density at radius 3 is 1.61 bits per heavy atom. The molecule has 0 radical (unpaired) electrons. The third kappa shape index (κ3) is 48.6. The second kappa shape index (κ2) is 44.9. The van der Waals surface area contributed by atoms with Crippen LogP contribution in [0.3, 0.4) is 0 Å². The molecule has 0 rings (SSSR count). The number of carbonyl (C=O) groups excluding carboxylic acids is 3. The van der Waals surface area contributed by atoms with Crippen LogP contribution >= 0.6 is 15.6 Å². The van der Waals surface area contributed by atoms with Crippen molar-refractivity contribution in [2.45, 2.75) is 226 Å². The summed E-state index contributed by atoms with van der Waals surface area (Å²) in [7, 11) is -9.76. The number of esters is 2. The molecule has 4 atom stereocenters. The van der Waals surface area contributed by atoms with Crippen LogP contribution in [0, 0.1) is 5.92 Å². The number of allylic oxidation sites excluding steroid dienone is 8. The van der Waals surface area contributed by atoms with E-state index in [1.165, 1.54) is 122 Å². The summed E-state index contributed by atoms with van der Waals surface area (Å²) in [6, 6.07) is 0. The van der Waals surface area contributed by atoms with E-state index in [1.807, 2.05) is 6.08 Å². The molecular weight excluding hydrogens is 898 g/mol. The van der Waals surface area contributed by atoms with Crippen LogP contribution in [0.2, 0.25) is 0 Å². The van der Waals surface area contributed by atoms with Crippen molar-refractivity contribution >= 4 is 33.4 Å². The largest absolute Gasteiger partial charge is 0.472 e. The molecular formula is C51H92O14P2. The molecule has 0 bridgehead atoms. The zero-order valence-corrected chi connectivity index (χ0v) is 43.4. The van der Waals surface area contributed by atoms with E-state index in [4.69, 9.17) is 23.8 Å². The van der Waals surface area contributed by atoms with Crippen molar-refractivity contribution in [3.05, 3.63) is 48.6 Å². The van der Waals surface area contributed by atoms with Crippen molar-refractivity contribution in [3.8, 4) is 0 Å². The van der Waals surface area contributed by atoms with E-state index < -0.39 is 66.2 Å². The Kier molecular flexibility index (Phi) is 43.4. The number of phosphoric acid groups is 2. The first-order valence-electron chi connectivity index (χ1n) is 25.7. The summed E-state index contributed by atoms with van der Waals surface area (Å²) >= 11 is 0. The number of hydrogen-bond donors (Lipinski definition) is 4. The van der Waals surface area contributed by atoms with Gasteiger partial charge in [-0.3, -0.25) is 28.0 Å². The Balaban J connectivity index is 4.53. The monoisotopic (exact) mass is 991 g/mol. The van der Waals surface area contributed by atoms with Crippen molar-refractivity contribution in [1.29, 1.82) is 0 Å². The summed E-state index contributed by atoms with van der Waals surface area (Å²) in [4.78, 5) is 65.2. The second-order valence-corrected chi connectivity index (χ2v) is 20.4. The molecule has 0 aromatic heterocycles.